The third-order valence-electron chi connectivity index (χ3n) is 5.16. The fourth-order valence-electron chi connectivity index (χ4n) is 3.51. The molecule has 12 heteroatoms. The van der Waals surface area contributed by atoms with Crippen LogP contribution in [0.4, 0.5) is 19.0 Å². The first-order chi connectivity index (χ1) is 15.2. The summed E-state index contributed by atoms with van der Waals surface area (Å²) in [7, 11) is 0. The largest absolute Gasteiger partial charge is 0.434 e. The summed E-state index contributed by atoms with van der Waals surface area (Å²) in [6.45, 7) is 4.35. The predicted octanol–water partition coefficient (Wildman–Crippen LogP) is 4.35. The maximum Gasteiger partial charge on any atom is 0.434 e. The van der Waals surface area contributed by atoms with Crippen molar-refractivity contribution in [2.45, 2.75) is 32.6 Å². The maximum atomic E-state index is 13.1. The quantitative estimate of drug-likeness (QED) is 0.453. The molecule has 0 bridgehead atoms. The number of carbonyl (C=O) groups is 1. The Hall–Kier alpha value is -3.54. The highest BCUT2D eigenvalue weighted by molar-refractivity contribution is 7.13. The van der Waals surface area contributed by atoms with Crippen LogP contribution in [0.1, 0.15) is 41.5 Å². The molecule has 0 saturated carbocycles. The highest BCUT2D eigenvalue weighted by atomic mass is 32.1. The minimum Gasteiger partial charge on any atom is -0.309 e. The number of aromatic nitrogens is 6. The van der Waals surface area contributed by atoms with Crippen molar-refractivity contribution in [1.29, 1.82) is 0 Å². The van der Waals surface area contributed by atoms with Crippen LogP contribution in [0.2, 0.25) is 0 Å². The summed E-state index contributed by atoms with van der Waals surface area (Å²) in [5.74, 6) is 0.858. The van der Waals surface area contributed by atoms with Gasteiger partial charge in [-0.25, -0.2) is 9.97 Å². The molecular formula is C20H16F3N7OS. The fraction of sp³-hybridized carbons (Fsp3) is 0.250. The molecular weight excluding hydrogens is 443 g/mol. The molecule has 1 aliphatic rings. The van der Waals surface area contributed by atoms with Crippen LogP contribution in [-0.2, 0) is 12.7 Å². The predicted molar refractivity (Wildman–Crippen MR) is 111 cm³/mol. The maximum absolute atomic E-state index is 13.1. The number of hydrogen-bond donors (Lipinski definition) is 0. The van der Waals surface area contributed by atoms with E-state index < -0.39 is 11.9 Å². The van der Waals surface area contributed by atoms with Crippen molar-refractivity contribution < 1.29 is 18.0 Å². The van der Waals surface area contributed by atoms with E-state index in [2.05, 4.69) is 20.2 Å². The summed E-state index contributed by atoms with van der Waals surface area (Å²) in [6, 6.07) is 5.12. The van der Waals surface area contributed by atoms with Crippen molar-refractivity contribution in [2.24, 2.45) is 0 Å². The molecule has 1 amide bonds. The topological polar surface area (TPSA) is 81.7 Å². The van der Waals surface area contributed by atoms with E-state index in [0.717, 1.165) is 18.1 Å². The number of nitrogens with zero attached hydrogens (tertiary/aromatic N) is 7. The second kappa shape index (κ2) is 7.26. The van der Waals surface area contributed by atoms with Crippen molar-refractivity contribution in [3.05, 3.63) is 59.3 Å². The van der Waals surface area contributed by atoms with Gasteiger partial charge in [0.05, 0.1) is 12.9 Å². The summed E-state index contributed by atoms with van der Waals surface area (Å²) < 4.78 is 41.7. The van der Waals surface area contributed by atoms with Gasteiger partial charge in [-0.15, -0.1) is 21.5 Å². The molecule has 0 aliphatic carbocycles. The van der Waals surface area contributed by atoms with Gasteiger partial charge < -0.3 is 9.13 Å². The Morgan fingerprint density at radius 1 is 1.19 bits per heavy atom. The van der Waals surface area contributed by atoms with Crippen molar-refractivity contribution in [2.75, 3.05) is 4.90 Å². The zero-order valence-corrected chi connectivity index (χ0v) is 17.7. The first-order valence-electron chi connectivity index (χ1n) is 9.64. The lowest BCUT2D eigenvalue weighted by atomic mass is 10.1. The molecule has 0 spiro atoms. The van der Waals surface area contributed by atoms with Crippen LogP contribution in [-0.4, -0.2) is 35.2 Å². The molecule has 0 unspecified atom stereocenters. The van der Waals surface area contributed by atoms with Crippen LogP contribution in [0.3, 0.4) is 0 Å². The Morgan fingerprint density at radius 2 is 2.00 bits per heavy atom. The molecule has 8 nitrogen and oxygen atoms in total. The smallest absolute Gasteiger partial charge is 0.309 e. The third kappa shape index (κ3) is 3.36. The average molecular weight is 459 g/mol. The molecule has 4 heterocycles. The lowest BCUT2D eigenvalue weighted by molar-refractivity contribution is -0.140. The van der Waals surface area contributed by atoms with Crippen LogP contribution in [0.25, 0.3) is 16.5 Å². The lowest BCUT2D eigenvalue weighted by Gasteiger charge is -2.11. The monoisotopic (exact) mass is 459 g/mol. The van der Waals surface area contributed by atoms with E-state index >= 15 is 0 Å². The minimum absolute atomic E-state index is 0.157. The van der Waals surface area contributed by atoms with Gasteiger partial charge in [0, 0.05) is 28.9 Å². The molecule has 0 radical (unpaired) electrons. The number of hydrogen-bond acceptors (Lipinski definition) is 6. The van der Waals surface area contributed by atoms with Crippen molar-refractivity contribution in [1.82, 2.24) is 29.3 Å². The SMILES string of the molecule is CC(C)n1cnnc1-c1nc(N2Cc3ccc(-n4cnc(C(F)(F)F)c4)cc3C2=O)cs1. The van der Waals surface area contributed by atoms with Crippen molar-refractivity contribution in [3.63, 3.8) is 0 Å². The molecule has 0 N–H and O–H groups in total. The van der Waals surface area contributed by atoms with Gasteiger partial charge in [0.25, 0.3) is 5.91 Å². The normalized spacial score (nSPS) is 13.9. The van der Waals surface area contributed by atoms with Crippen LogP contribution in [0.15, 0.2) is 42.4 Å². The van der Waals surface area contributed by atoms with E-state index in [1.807, 2.05) is 18.4 Å². The summed E-state index contributed by atoms with van der Waals surface area (Å²) in [5.41, 5.74) is 0.626. The molecule has 3 aromatic heterocycles. The highest BCUT2D eigenvalue weighted by Crippen LogP contribution is 2.34. The first-order valence-corrected chi connectivity index (χ1v) is 10.5. The second-order valence-corrected chi connectivity index (χ2v) is 8.42. The van der Waals surface area contributed by atoms with E-state index in [9.17, 15) is 18.0 Å². The number of carbonyl (C=O) groups excluding carboxylic acids is 1. The van der Waals surface area contributed by atoms with Crippen LogP contribution in [0, 0.1) is 0 Å². The average Bonchev–Trinajstić information content (AvgIpc) is 3.52. The van der Waals surface area contributed by atoms with E-state index in [0.29, 0.717) is 34.4 Å². The number of fused-ring (bicyclic) bond motifs is 1. The Labute approximate surface area is 184 Å². The van der Waals surface area contributed by atoms with Crippen LogP contribution in [0.5, 0.6) is 0 Å². The highest BCUT2D eigenvalue weighted by Gasteiger charge is 2.34. The Balaban J connectivity index is 1.42. The molecule has 5 rings (SSSR count). The molecule has 4 aromatic rings. The Bertz CT molecular complexity index is 1320. The van der Waals surface area contributed by atoms with E-state index in [1.165, 1.54) is 15.9 Å². The molecule has 0 atom stereocenters. The van der Waals surface area contributed by atoms with Gasteiger partial charge in [0.15, 0.2) is 16.5 Å². The van der Waals surface area contributed by atoms with Gasteiger partial charge >= 0.3 is 6.18 Å². The third-order valence-corrected chi connectivity index (χ3v) is 5.98. The number of thiazole rings is 1. The zero-order chi connectivity index (χ0) is 22.6. The standard InChI is InChI=1S/C20H16F3N7OS/c1-11(2)30-10-25-27-17(30)18-26-16(8-32-18)29-6-12-3-4-13(5-14(12)19(29)31)28-7-15(24-9-28)20(21,22)23/h3-5,7-11H,6H2,1-2H3. The van der Waals surface area contributed by atoms with Gasteiger partial charge in [0.2, 0.25) is 0 Å². The van der Waals surface area contributed by atoms with Crippen LogP contribution < -0.4 is 4.90 Å². The second-order valence-electron chi connectivity index (χ2n) is 7.56. The number of benzene rings is 1. The Morgan fingerprint density at radius 3 is 2.72 bits per heavy atom. The summed E-state index contributed by atoms with van der Waals surface area (Å²) >= 11 is 1.36. The van der Waals surface area contributed by atoms with Gasteiger partial charge in [-0.1, -0.05) is 6.07 Å². The molecule has 1 aromatic carbocycles. The van der Waals surface area contributed by atoms with Gasteiger partial charge in [-0.3, -0.25) is 9.69 Å². The number of anilines is 1. The van der Waals surface area contributed by atoms with E-state index in [-0.39, 0.29) is 11.9 Å². The molecule has 0 saturated heterocycles. The number of imidazole rings is 1. The molecule has 0 fully saturated rings. The lowest BCUT2D eigenvalue weighted by Crippen LogP contribution is -2.23. The van der Waals surface area contributed by atoms with E-state index in [4.69, 9.17) is 0 Å². The van der Waals surface area contributed by atoms with Crippen molar-refractivity contribution >= 4 is 23.1 Å². The number of rotatable bonds is 4. The first kappa shape index (κ1) is 20.4. The minimum atomic E-state index is -4.53. The van der Waals surface area contributed by atoms with Gasteiger partial charge in [-0.05, 0) is 31.5 Å². The molecule has 32 heavy (non-hydrogen) atoms. The number of alkyl halides is 3. The zero-order valence-electron chi connectivity index (χ0n) is 16.9. The fourth-order valence-corrected chi connectivity index (χ4v) is 4.31. The summed E-state index contributed by atoms with van der Waals surface area (Å²) in [4.78, 5) is 22.6. The van der Waals surface area contributed by atoms with Gasteiger partial charge in [-0.2, -0.15) is 13.2 Å². The van der Waals surface area contributed by atoms with Crippen LogP contribution >= 0.6 is 11.3 Å². The number of halogens is 3. The number of amides is 1. The molecule has 164 valence electrons. The molecule has 1 aliphatic heterocycles. The Kier molecular flexibility index (Phi) is 4.62. The van der Waals surface area contributed by atoms with Gasteiger partial charge in [0.1, 0.15) is 12.1 Å². The summed E-state index contributed by atoms with van der Waals surface area (Å²) in [6.07, 6.45) is -0.910. The van der Waals surface area contributed by atoms with E-state index in [1.54, 1.807) is 34.8 Å². The summed E-state index contributed by atoms with van der Waals surface area (Å²) in [5, 5.41) is 10.5. The van der Waals surface area contributed by atoms with Crippen molar-refractivity contribution in [3.8, 4) is 16.5 Å².